The number of rotatable bonds is 3. The van der Waals surface area contributed by atoms with Crippen molar-refractivity contribution in [3.8, 4) is 5.75 Å². The molecule has 0 aliphatic heterocycles. The van der Waals surface area contributed by atoms with Crippen molar-refractivity contribution in [1.82, 2.24) is 0 Å². The molecule has 1 heterocycles. The van der Waals surface area contributed by atoms with Gasteiger partial charge in [0.15, 0.2) is 0 Å². The number of benzene rings is 2. The Kier molecular flexibility index (Phi) is 3.43. The lowest BCUT2D eigenvalue weighted by Gasteiger charge is -2.13. The molecule has 1 unspecified atom stereocenters. The van der Waals surface area contributed by atoms with Crippen LogP contribution in [0.3, 0.4) is 0 Å². The fraction of sp³-hybridized carbons (Fsp3) is 0.222. The second kappa shape index (κ2) is 5.26. The topological polar surface area (TPSA) is 48.4 Å². The molecule has 3 nitrogen and oxygen atoms in total. The van der Waals surface area contributed by atoms with Crippen molar-refractivity contribution in [2.24, 2.45) is 5.73 Å². The maximum Gasteiger partial charge on any atom is 0.134 e. The van der Waals surface area contributed by atoms with Crippen molar-refractivity contribution < 1.29 is 9.15 Å². The summed E-state index contributed by atoms with van der Waals surface area (Å²) in [5, 5.41) is 1.05. The Morgan fingerprint density at radius 2 is 1.86 bits per heavy atom. The quantitative estimate of drug-likeness (QED) is 0.786. The van der Waals surface area contributed by atoms with Crippen LogP contribution in [-0.2, 0) is 0 Å². The Labute approximate surface area is 124 Å². The highest BCUT2D eigenvalue weighted by atomic mass is 16.5. The summed E-state index contributed by atoms with van der Waals surface area (Å²) in [6.07, 6.45) is 0. The molecule has 0 aliphatic carbocycles. The zero-order chi connectivity index (χ0) is 15.0. The van der Waals surface area contributed by atoms with Gasteiger partial charge in [-0.1, -0.05) is 24.3 Å². The molecule has 0 aliphatic rings. The molecule has 0 radical (unpaired) electrons. The highest BCUT2D eigenvalue weighted by molar-refractivity contribution is 5.83. The van der Waals surface area contributed by atoms with Crippen molar-refractivity contribution in [2.75, 3.05) is 7.11 Å². The Balaban J connectivity index is 2.12. The molecule has 108 valence electrons. The second-order valence-electron chi connectivity index (χ2n) is 5.29. The first-order valence-electron chi connectivity index (χ1n) is 7.00. The van der Waals surface area contributed by atoms with E-state index in [1.807, 2.05) is 43.3 Å². The zero-order valence-electron chi connectivity index (χ0n) is 12.5. The third-order valence-corrected chi connectivity index (χ3v) is 3.99. The maximum absolute atomic E-state index is 6.43. The van der Waals surface area contributed by atoms with E-state index in [9.17, 15) is 0 Å². The molecule has 1 aromatic heterocycles. The van der Waals surface area contributed by atoms with E-state index in [4.69, 9.17) is 14.9 Å². The van der Waals surface area contributed by atoms with E-state index < -0.39 is 0 Å². The van der Waals surface area contributed by atoms with E-state index in [-0.39, 0.29) is 6.04 Å². The number of aryl methyl sites for hydroxylation is 2. The normalized spacial score (nSPS) is 12.6. The molecular formula is C18H19NO2. The number of ether oxygens (including phenoxy) is 1. The molecule has 3 aromatic rings. The van der Waals surface area contributed by atoms with Crippen molar-refractivity contribution in [1.29, 1.82) is 0 Å². The van der Waals surface area contributed by atoms with E-state index in [2.05, 4.69) is 13.0 Å². The van der Waals surface area contributed by atoms with Gasteiger partial charge in [0.25, 0.3) is 0 Å². The van der Waals surface area contributed by atoms with Gasteiger partial charge in [0, 0.05) is 10.9 Å². The number of hydrogen-bond acceptors (Lipinski definition) is 3. The molecule has 0 fully saturated rings. The maximum atomic E-state index is 6.43. The van der Waals surface area contributed by atoms with Crippen molar-refractivity contribution in [3.63, 3.8) is 0 Å². The highest BCUT2D eigenvalue weighted by Crippen LogP contribution is 2.34. The van der Waals surface area contributed by atoms with E-state index in [1.165, 1.54) is 5.56 Å². The second-order valence-corrected chi connectivity index (χ2v) is 5.29. The predicted molar refractivity (Wildman–Crippen MR) is 84.7 cm³/mol. The minimum Gasteiger partial charge on any atom is -0.497 e. The summed E-state index contributed by atoms with van der Waals surface area (Å²) in [7, 11) is 1.66. The number of hydrogen-bond donors (Lipinski definition) is 1. The van der Waals surface area contributed by atoms with Crippen LogP contribution in [0.1, 0.15) is 28.5 Å². The first-order chi connectivity index (χ1) is 10.1. The smallest absolute Gasteiger partial charge is 0.134 e. The van der Waals surface area contributed by atoms with Gasteiger partial charge >= 0.3 is 0 Å². The summed E-state index contributed by atoms with van der Waals surface area (Å²) < 4.78 is 11.3. The Bertz CT molecular complexity index is 789. The summed E-state index contributed by atoms with van der Waals surface area (Å²) in [5.74, 6) is 1.63. The molecule has 3 heteroatoms. The van der Waals surface area contributed by atoms with Crippen LogP contribution in [0.15, 0.2) is 46.9 Å². The van der Waals surface area contributed by atoms with Crippen LogP contribution >= 0.6 is 0 Å². The molecule has 2 aromatic carbocycles. The van der Waals surface area contributed by atoms with Crippen LogP contribution in [-0.4, -0.2) is 7.11 Å². The van der Waals surface area contributed by atoms with Crippen molar-refractivity contribution >= 4 is 11.0 Å². The Morgan fingerprint density at radius 3 is 2.57 bits per heavy atom. The molecule has 0 saturated carbocycles. The van der Waals surface area contributed by atoms with Crippen LogP contribution in [0.25, 0.3) is 11.0 Å². The molecule has 0 spiro atoms. The number of nitrogens with two attached hydrogens (primary N) is 1. The number of methoxy groups -OCH3 is 1. The molecule has 2 N–H and O–H groups in total. The lowest BCUT2D eigenvalue weighted by Crippen LogP contribution is -2.13. The molecule has 0 saturated heterocycles. The molecule has 0 bridgehead atoms. The van der Waals surface area contributed by atoms with Gasteiger partial charge < -0.3 is 14.9 Å². The third kappa shape index (κ3) is 2.30. The van der Waals surface area contributed by atoms with Crippen LogP contribution in [0.4, 0.5) is 0 Å². The fourth-order valence-electron chi connectivity index (χ4n) is 2.72. The standard InChI is InChI=1S/C18H19NO2/c1-11-6-4-5-7-14(11)17(19)18-12(2)15-10-13(20-3)8-9-16(15)21-18/h4-10,17H,19H2,1-3H3. The first kappa shape index (κ1) is 13.7. The molecular weight excluding hydrogens is 262 g/mol. The molecule has 1 atom stereocenters. The minimum atomic E-state index is -0.260. The first-order valence-corrected chi connectivity index (χ1v) is 7.00. The van der Waals surface area contributed by atoms with E-state index in [0.29, 0.717) is 0 Å². The summed E-state index contributed by atoms with van der Waals surface area (Å²) in [6.45, 7) is 4.11. The van der Waals surface area contributed by atoms with Crippen LogP contribution in [0.2, 0.25) is 0 Å². The van der Waals surface area contributed by atoms with Gasteiger partial charge in [0.1, 0.15) is 17.1 Å². The van der Waals surface area contributed by atoms with Gasteiger partial charge in [0.2, 0.25) is 0 Å². The lowest BCUT2D eigenvalue weighted by molar-refractivity contribution is 0.415. The largest absolute Gasteiger partial charge is 0.497 e. The summed E-state index contributed by atoms with van der Waals surface area (Å²) in [5.41, 5.74) is 10.6. The van der Waals surface area contributed by atoms with Crippen molar-refractivity contribution in [2.45, 2.75) is 19.9 Å². The molecule has 3 rings (SSSR count). The van der Waals surface area contributed by atoms with Gasteiger partial charge in [-0.25, -0.2) is 0 Å². The highest BCUT2D eigenvalue weighted by Gasteiger charge is 2.20. The average molecular weight is 281 g/mol. The molecule has 21 heavy (non-hydrogen) atoms. The van der Waals surface area contributed by atoms with Crippen LogP contribution in [0.5, 0.6) is 5.75 Å². The monoisotopic (exact) mass is 281 g/mol. The van der Waals surface area contributed by atoms with Crippen LogP contribution in [0, 0.1) is 13.8 Å². The lowest BCUT2D eigenvalue weighted by atomic mass is 9.98. The van der Waals surface area contributed by atoms with E-state index in [1.54, 1.807) is 7.11 Å². The minimum absolute atomic E-state index is 0.260. The summed E-state index contributed by atoms with van der Waals surface area (Å²) in [6, 6.07) is 13.7. The number of furan rings is 1. The van der Waals surface area contributed by atoms with Gasteiger partial charge in [-0.05, 0) is 43.2 Å². The fourth-order valence-corrected chi connectivity index (χ4v) is 2.72. The Morgan fingerprint density at radius 1 is 1.10 bits per heavy atom. The Hall–Kier alpha value is -2.26. The van der Waals surface area contributed by atoms with Crippen LogP contribution < -0.4 is 10.5 Å². The van der Waals surface area contributed by atoms with Gasteiger partial charge in [-0.15, -0.1) is 0 Å². The summed E-state index contributed by atoms with van der Waals surface area (Å²) >= 11 is 0. The molecule has 0 amide bonds. The van der Waals surface area contributed by atoms with E-state index >= 15 is 0 Å². The third-order valence-electron chi connectivity index (χ3n) is 3.99. The van der Waals surface area contributed by atoms with Crippen molar-refractivity contribution in [3.05, 3.63) is 64.9 Å². The summed E-state index contributed by atoms with van der Waals surface area (Å²) in [4.78, 5) is 0. The van der Waals surface area contributed by atoms with E-state index in [0.717, 1.165) is 33.6 Å². The predicted octanol–water partition coefficient (Wildman–Crippen LogP) is 4.11. The SMILES string of the molecule is COc1ccc2oc(C(N)c3ccccc3C)c(C)c2c1. The van der Waals surface area contributed by atoms with Gasteiger partial charge in [-0.3, -0.25) is 0 Å². The number of fused-ring (bicyclic) bond motifs is 1. The zero-order valence-corrected chi connectivity index (χ0v) is 12.5. The van der Waals surface area contributed by atoms with Gasteiger partial charge in [-0.2, -0.15) is 0 Å². The van der Waals surface area contributed by atoms with Gasteiger partial charge in [0.05, 0.1) is 13.2 Å². The average Bonchev–Trinajstić information content (AvgIpc) is 2.83.